The number of carbonyl (C=O) groups excluding carboxylic acids is 1. The van der Waals surface area contributed by atoms with E-state index in [1.165, 1.54) is 16.7 Å². The summed E-state index contributed by atoms with van der Waals surface area (Å²) >= 11 is 6.04. The van der Waals surface area contributed by atoms with Crippen molar-refractivity contribution < 1.29 is 9.53 Å². The van der Waals surface area contributed by atoms with Gasteiger partial charge in [0.05, 0.1) is 12.8 Å². The van der Waals surface area contributed by atoms with Crippen molar-refractivity contribution >= 4 is 23.2 Å². The molecule has 0 saturated heterocycles. The van der Waals surface area contributed by atoms with Crippen molar-refractivity contribution in [3.8, 4) is 5.75 Å². The van der Waals surface area contributed by atoms with E-state index in [1.807, 2.05) is 24.3 Å². The third kappa shape index (κ3) is 4.61. The molecule has 3 aromatic carbocycles. The molecule has 0 unspecified atom stereocenters. The lowest BCUT2D eigenvalue weighted by Gasteiger charge is -2.28. The van der Waals surface area contributed by atoms with E-state index in [2.05, 4.69) is 34.5 Å². The van der Waals surface area contributed by atoms with Crippen LogP contribution in [0.5, 0.6) is 5.75 Å². The van der Waals surface area contributed by atoms with Crippen molar-refractivity contribution in [1.29, 1.82) is 0 Å². The average molecular weight is 407 g/mol. The van der Waals surface area contributed by atoms with Crippen LogP contribution in [0.2, 0.25) is 5.02 Å². The van der Waals surface area contributed by atoms with Crippen molar-refractivity contribution in [3.63, 3.8) is 0 Å². The van der Waals surface area contributed by atoms with Gasteiger partial charge in [0.25, 0.3) is 5.91 Å². The number of nitrogens with one attached hydrogen (secondary N) is 1. The lowest BCUT2D eigenvalue weighted by molar-refractivity contribution is 0.102. The monoisotopic (exact) mass is 406 g/mol. The number of nitrogens with zero attached hydrogens (tertiary/aromatic N) is 1. The zero-order chi connectivity index (χ0) is 20.2. The van der Waals surface area contributed by atoms with E-state index in [0.717, 1.165) is 26.1 Å². The van der Waals surface area contributed by atoms with E-state index in [1.54, 1.807) is 25.3 Å². The van der Waals surface area contributed by atoms with Gasteiger partial charge in [-0.3, -0.25) is 9.69 Å². The molecule has 0 fully saturated rings. The Morgan fingerprint density at radius 2 is 1.83 bits per heavy atom. The highest BCUT2D eigenvalue weighted by Crippen LogP contribution is 2.28. The maximum atomic E-state index is 12.6. The highest BCUT2D eigenvalue weighted by atomic mass is 35.5. The first kappa shape index (κ1) is 19.5. The summed E-state index contributed by atoms with van der Waals surface area (Å²) in [5.74, 6) is 0.383. The lowest BCUT2D eigenvalue weighted by Crippen LogP contribution is -2.29. The number of amides is 1. The normalized spacial score (nSPS) is 13.6. The number of carbonyl (C=O) groups is 1. The molecular weight excluding hydrogens is 384 g/mol. The highest BCUT2D eigenvalue weighted by Gasteiger charge is 2.16. The van der Waals surface area contributed by atoms with Gasteiger partial charge in [-0.25, -0.2) is 0 Å². The second-order valence-corrected chi connectivity index (χ2v) is 7.66. The number of methoxy groups -OCH3 is 1. The number of fused-ring (bicyclic) bond motifs is 1. The molecule has 0 saturated carbocycles. The average Bonchev–Trinajstić information content (AvgIpc) is 2.74. The largest absolute Gasteiger partial charge is 0.495 e. The van der Waals surface area contributed by atoms with Gasteiger partial charge in [0, 0.05) is 30.2 Å². The Morgan fingerprint density at radius 3 is 2.59 bits per heavy atom. The molecule has 1 heterocycles. The van der Waals surface area contributed by atoms with E-state index in [9.17, 15) is 4.79 Å². The molecule has 1 amide bonds. The van der Waals surface area contributed by atoms with Gasteiger partial charge in [0.15, 0.2) is 0 Å². The molecule has 0 atom stereocenters. The Kier molecular flexibility index (Phi) is 5.84. The summed E-state index contributed by atoms with van der Waals surface area (Å²) in [6, 6.07) is 21.5. The summed E-state index contributed by atoms with van der Waals surface area (Å²) in [7, 11) is 1.56. The first-order chi connectivity index (χ1) is 14.1. The summed E-state index contributed by atoms with van der Waals surface area (Å²) in [4.78, 5) is 15.1. The smallest absolute Gasteiger partial charge is 0.255 e. The molecule has 0 aliphatic carbocycles. The molecule has 1 aliphatic rings. The standard InChI is InChI=1S/C24H23ClN2O2/c1-29-23-11-10-21(25)14-22(23)26-24(28)19-8-6-17(7-9-19)15-27-13-12-18-4-2-3-5-20(18)16-27/h2-11,14H,12-13,15-16H2,1H3,(H,26,28). The van der Waals surface area contributed by atoms with Crippen molar-refractivity contribution in [2.45, 2.75) is 19.5 Å². The maximum absolute atomic E-state index is 12.6. The number of hydrogen-bond acceptors (Lipinski definition) is 3. The zero-order valence-electron chi connectivity index (χ0n) is 16.3. The van der Waals surface area contributed by atoms with Gasteiger partial charge in [-0.15, -0.1) is 0 Å². The highest BCUT2D eigenvalue weighted by molar-refractivity contribution is 6.31. The number of hydrogen-bond donors (Lipinski definition) is 1. The van der Waals surface area contributed by atoms with Crippen LogP contribution in [0.4, 0.5) is 5.69 Å². The molecule has 3 aromatic rings. The molecule has 148 valence electrons. The van der Waals surface area contributed by atoms with Crippen molar-refractivity contribution in [1.82, 2.24) is 4.90 Å². The van der Waals surface area contributed by atoms with E-state index in [-0.39, 0.29) is 5.91 Å². The van der Waals surface area contributed by atoms with Crippen molar-refractivity contribution in [3.05, 3.63) is 94.0 Å². The van der Waals surface area contributed by atoms with Crippen LogP contribution in [0, 0.1) is 0 Å². The fraction of sp³-hybridized carbons (Fsp3) is 0.208. The fourth-order valence-corrected chi connectivity index (χ4v) is 3.85. The molecule has 4 rings (SSSR count). The van der Waals surface area contributed by atoms with Crippen LogP contribution < -0.4 is 10.1 Å². The summed E-state index contributed by atoms with van der Waals surface area (Å²) in [5, 5.41) is 3.41. The van der Waals surface area contributed by atoms with E-state index in [4.69, 9.17) is 16.3 Å². The SMILES string of the molecule is COc1ccc(Cl)cc1NC(=O)c1ccc(CN2CCc3ccccc3C2)cc1. The molecule has 0 bridgehead atoms. The molecule has 5 heteroatoms. The van der Waals surface area contributed by atoms with Gasteiger partial charge >= 0.3 is 0 Å². The lowest BCUT2D eigenvalue weighted by atomic mass is 9.99. The Hall–Kier alpha value is -2.82. The Labute approximate surface area is 176 Å². The van der Waals surface area contributed by atoms with E-state index >= 15 is 0 Å². The third-order valence-electron chi connectivity index (χ3n) is 5.24. The number of ether oxygens (including phenoxy) is 1. The van der Waals surface area contributed by atoms with Gasteiger partial charge in [-0.1, -0.05) is 48.0 Å². The topological polar surface area (TPSA) is 41.6 Å². The Balaban J connectivity index is 1.40. The van der Waals surface area contributed by atoms with Crippen LogP contribution >= 0.6 is 11.6 Å². The second-order valence-electron chi connectivity index (χ2n) is 7.23. The first-order valence-electron chi connectivity index (χ1n) is 9.65. The number of rotatable bonds is 5. The Morgan fingerprint density at radius 1 is 1.07 bits per heavy atom. The Bertz CT molecular complexity index is 1020. The predicted octanol–water partition coefficient (Wildman–Crippen LogP) is 5.16. The fourth-order valence-electron chi connectivity index (χ4n) is 3.68. The third-order valence-corrected chi connectivity index (χ3v) is 5.48. The number of halogens is 1. The minimum Gasteiger partial charge on any atom is -0.495 e. The summed E-state index contributed by atoms with van der Waals surface area (Å²) in [6.07, 6.45) is 1.08. The number of anilines is 1. The summed E-state index contributed by atoms with van der Waals surface area (Å²) < 4.78 is 5.29. The minimum atomic E-state index is -0.191. The molecule has 1 aliphatic heterocycles. The predicted molar refractivity (Wildman–Crippen MR) is 117 cm³/mol. The quantitative estimate of drug-likeness (QED) is 0.636. The molecule has 0 aromatic heterocycles. The van der Waals surface area contributed by atoms with Crippen LogP contribution in [0.25, 0.3) is 0 Å². The van der Waals surface area contributed by atoms with E-state index in [0.29, 0.717) is 22.0 Å². The van der Waals surface area contributed by atoms with Gasteiger partial charge in [-0.05, 0) is 53.4 Å². The minimum absolute atomic E-state index is 0.191. The van der Waals surface area contributed by atoms with Gasteiger partial charge in [0.1, 0.15) is 5.75 Å². The molecule has 0 spiro atoms. The van der Waals surface area contributed by atoms with Crippen molar-refractivity contribution in [2.24, 2.45) is 0 Å². The molecule has 1 N–H and O–H groups in total. The van der Waals surface area contributed by atoms with Crippen LogP contribution in [-0.2, 0) is 19.5 Å². The zero-order valence-corrected chi connectivity index (χ0v) is 17.1. The number of benzene rings is 3. The van der Waals surface area contributed by atoms with Crippen LogP contribution in [0.15, 0.2) is 66.7 Å². The second kappa shape index (κ2) is 8.68. The summed E-state index contributed by atoms with van der Waals surface area (Å²) in [6.45, 7) is 2.89. The molecule has 0 radical (unpaired) electrons. The summed E-state index contributed by atoms with van der Waals surface area (Å²) in [5.41, 5.74) is 5.21. The van der Waals surface area contributed by atoms with E-state index < -0.39 is 0 Å². The molecule has 4 nitrogen and oxygen atoms in total. The van der Waals surface area contributed by atoms with Crippen molar-refractivity contribution in [2.75, 3.05) is 19.0 Å². The van der Waals surface area contributed by atoms with Gasteiger partial charge < -0.3 is 10.1 Å². The van der Waals surface area contributed by atoms with Gasteiger partial charge in [-0.2, -0.15) is 0 Å². The maximum Gasteiger partial charge on any atom is 0.255 e. The first-order valence-corrected chi connectivity index (χ1v) is 10.0. The molecular formula is C24H23ClN2O2. The van der Waals surface area contributed by atoms with Crippen LogP contribution in [-0.4, -0.2) is 24.5 Å². The van der Waals surface area contributed by atoms with Gasteiger partial charge in [0.2, 0.25) is 0 Å². The van der Waals surface area contributed by atoms with Crippen LogP contribution in [0.1, 0.15) is 27.0 Å². The molecule has 29 heavy (non-hydrogen) atoms. The van der Waals surface area contributed by atoms with Crippen LogP contribution in [0.3, 0.4) is 0 Å².